The number of esters is 1. The van der Waals surface area contributed by atoms with Crippen LogP contribution in [0.1, 0.15) is 98.8 Å². The molecule has 6 N–H and O–H groups in total. The van der Waals surface area contributed by atoms with Crippen molar-refractivity contribution in [2.75, 3.05) is 27.2 Å². The highest BCUT2D eigenvalue weighted by Crippen LogP contribution is 2.22. The summed E-state index contributed by atoms with van der Waals surface area (Å²) in [6.45, 7) is 23.5. The van der Waals surface area contributed by atoms with Crippen LogP contribution in [0.25, 0.3) is 0 Å². The number of rotatable bonds is 10. The van der Waals surface area contributed by atoms with Crippen LogP contribution in [-0.4, -0.2) is 67.1 Å². The molecule has 0 bridgehead atoms. The summed E-state index contributed by atoms with van der Waals surface area (Å²) in [5.41, 5.74) is 13.2. The van der Waals surface area contributed by atoms with Gasteiger partial charge >= 0.3 is 5.97 Å². The molecule has 2 fully saturated rings. The van der Waals surface area contributed by atoms with Crippen molar-refractivity contribution in [3.63, 3.8) is 0 Å². The minimum atomic E-state index is -0.245. The maximum Gasteiger partial charge on any atom is 0.302 e. The molecule has 0 spiro atoms. The molecule has 0 radical (unpaired) electrons. The predicted octanol–water partition coefficient (Wildman–Crippen LogP) is 5.76. The van der Waals surface area contributed by atoms with E-state index in [1.54, 1.807) is 0 Å². The van der Waals surface area contributed by atoms with Crippen molar-refractivity contribution in [3.05, 3.63) is 37.2 Å². The first-order chi connectivity index (χ1) is 18.4. The molecular formula is C31H62N6O2. The second-order valence-corrected chi connectivity index (χ2v) is 10.4. The molecule has 0 aromatic rings. The van der Waals surface area contributed by atoms with E-state index < -0.39 is 0 Å². The van der Waals surface area contributed by atoms with Crippen LogP contribution in [0.4, 0.5) is 0 Å². The predicted molar refractivity (Wildman–Crippen MR) is 168 cm³/mol. The molecule has 3 unspecified atom stereocenters. The minimum absolute atomic E-state index is 0.225. The van der Waals surface area contributed by atoms with E-state index >= 15 is 0 Å². The highest BCUT2D eigenvalue weighted by atomic mass is 16.5. The van der Waals surface area contributed by atoms with Crippen LogP contribution in [0.2, 0.25) is 0 Å². The topological polar surface area (TPSA) is 121 Å². The van der Waals surface area contributed by atoms with Gasteiger partial charge in [-0.05, 0) is 64.8 Å². The Hall–Kier alpha value is -2.48. The number of likely N-dealkylation sites (N-methyl/N-ethyl adjacent to an activating group) is 1. The molecule has 2 aliphatic heterocycles. The van der Waals surface area contributed by atoms with Gasteiger partial charge in [0.05, 0.1) is 7.11 Å². The summed E-state index contributed by atoms with van der Waals surface area (Å²) in [5.74, 6) is 0.545. The van der Waals surface area contributed by atoms with Crippen molar-refractivity contribution in [3.8, 4) is 0 Å². The lowest BCUT2D eigenvalue weighted by Gasteiger charge is -2.41. The fraction of sp³-hybridized carbons (Fsp3) is 0.742. The number of hydrogen-bond acceptors (Lipinski definition) is 6. The standard InChI is InChI=1S/C10H22N4.C9H15N.C9H19N.C3H6O2/c1-3-5-9-8(13-2)6-4-7-14(9)10(11)12;1-4-9-6-5-7-10(9)8(2)3;1-4-6-9(7-5-2)8(3)10;1-3(4)5-2/h8-9,13H,3-7H2,1-2H3,(H3,11,12);4,9H,1-2,5-7H2,3H3;9H,3-7,10H2,1-2H3;1-2H3. The lowest BCUT2D eigenvalue weighted by molar-refractivity contribution is -0.137. The van der Waals surface area contributed by atoms with Crippen molar-refractivity contribution in [1.82, 2.24) is 15.1 Å². The first-order valence-corrected chi connectivity index (χ1v) is 14.8. The fourth-order valence-electron chi connectivity index (χ4n) is 5.07. The SMILES string of the molecule is C=C(N)C(CCC)CCC.C=CC1CCCN1C(=C)C.CCCC1C(NC)CCCN1C(=N)N.COC(C)=O. The number of carbonyl (C=O) groups is 1. The highest BCUT2D eigenvalue weighted by molar-refractivity contribution is 5.75. The second-order valence-electron chi connectivity index (χ2n) is 10.4. The molecule has 2 aliphatic rings. The Morgan fingerprint density at radius 1 is 1.05 bits per heavy atom. The number of ether oxygens (including phenoxy) is 1. The van der Waals surface area contributed by atoms with Gasteiger partial charge in [0.2, 0.25) is 0 Å². The monoisotopic (exact) mass is 550 g/mol. The Bertz CT molecular complexity index is 705. The van der Waals surface area contributed by atoms with E-state index in [0.29, 0.717) is 24.0 Å². The number of nitrogens with zero attached hydrogens (tertiary/aromatic N) is 2. The molecule has 0 amide bonds. The van der Waals surface area contributed by atoms with Gasteiger partial charge in [0.1, 0.15) is 0 Å². The van der Waals surface area contributed by atoms with E-state index in [4.69, 9.17) is 16.9 Å². The third-order valence-corrected chi connectivity index (χ3v) is 7.19. The zero-order valence-corrected chi connectivity index (χ0v) is 26.4. The van der Waals surface area contributed by atoms with E-state index in [2.05, 4.69) is 62.4 Å². The summed E-state index contributed by atoms with van der Waals surface area (Å²) >= 11 is 0. The van der Waals surface area contributed by atoms with Crippen LogP contribution in [0.5, 0.6) is 0 Å². The van der Waals surface area contributed by atoms with E-state index in [1.807, 2.05) is 18.0 Å². The number of guanidine groups is 1. The average molecular weight is 551 g/mol. The van der Waals surface area contributed by atoms with Crippen molar-refractivity contribution in [1.29, 1.82) is 5.41 Å². The fourth-order valence-corrected chi connectivity index (χ4v) is 5.07. The smallest absolute Gasteiger partial charge is 0.302 e. The molecule has 2 heterocycles. The molecule has 228 valence electrons. The number of hydrogen-bond donors (Lipinski definition) is 4. The number of methoxy groups -OCH3 is 1. The largest absolute Gasteiger partial charge is 0.469 e. The molecule has 8 heteroatoms. The zero-order chi connectivity index (χ0) is 30.4. The van der Waals surface area contributed by atoms with Gasteiger partial charge in [-0.15, -0.1) is 6.58 Å². The summed E-state index contributed by atoms with van der Waals surface area (Å²) in [7, 11) is 3.35. The molecule has 0 aromatic carbocycles. The third kappa shape index (κ3) is 17.0. The van der Waals surface area contributed by atoms with Gasteiger partial charge < -0.3 is 31.3 Å². The van der Waals surface area contributed by atoms with Gasteiger partial charge in [0, 0.05) is 49.5 Å². The molecule has 0 saturated carbocycles. The van der Waals surface area contributed by atoms with E-state index in [-0.39, 0.29) is 11.9 Å². The van der Waals surface area contributed by atoms with Crippen LogP contribution < -0.4 is 16.8 Å². The molecule has 2 rings (SSSR count). The van der Waals surface area contributed by atoms with E-state index in [9.17, 15) is 4.79 Å². The van der Waals surface area contributed by atoms with Gasteiger partial charge in [-0.2, -0.15) is 0 Å². The highest BCUT2D eigenvalue weighted by Gasteiger charge is 2.30. The first-order valence-electron chi connectivity index (χ1n) is 14.8. The summed E-state index contributed by atoms with van der Waals surface area (Å²) in [6.07, 6.45) is 13.9. The van der Waals surface area contributed by atoms with Gasteiger partial charge in [-0.1, -0.05) is 59.3 Å². The van der Waals surface area contributed by atoms with Gasteiger partial charge in [-0.25, -0.2) is 0 Å². The molecule has 8 nitrogen and oxygen atoms in total. The number of nitrogens with two attached hydrogens (primary N) is 2. The Morgan fingerprint density at radius 3 is 1.90 bits per heavy atom. The summed E-state index contributed by atoms with van der Waals surface area (Å²) in [6, 6.07) is 1.46. The van der Waals surface area contributed by atoms with Crippen LogP contribution >= 0.6 is 0 Å². The first kappa shape index (κ1) is 38.7. The Kier molecular flexibility index (Phi) is 23.2. The maximum absolute atomic E-state index is 9.59. The number of piperidine rings is 1. The normalized spacial score (nSPS) is 19.8. The number of allylic oxidation sites excluding steroid dienone is 2. The van der Waals surface area contributed by atoms with Gasteiger partial charge in [0.15, 0.2) is 5.96 Å². The number of carbonyl (C=O) groups excluding carboxylic acids is 1. The van der Waals surface area contributed by atoms with Crippen LogP contribution in [0, 0.1) is 11.3 Å². The Morgan fingerprint density at radius 2 is 1.56 bits per heavy atom. The molecule has 2 saturated heterocycles. The molecule has 0 aromatic heterocycles. The van der Waals surface area contributed by atoms with Gasteiger partial charge in [0.25, 0.3) is 0 Å². The molecular weight excluding hydrogens is 488 g/mol. The van der Waals surface area contributed by atoms with E-state index in [1.165, 1.54) is 64.7 Å². The lowest BCUT2D eigenvalue weighted by atomic mass is 9.93. The third-order valence-electron chi connectivity index (χ3n) is 7.19. The quantitative estimate of drug-likeness (QED) is 0.118. The van der Waals surface area contributed by atoms with Crippen molar-refractivity contribution in [2.24, 2.45) is 17.4 Å². The maximum atomic E-state index is 9.59. The molecule has 3 atom stereocenters. The van der Waals surface area contributed by atoms with Crippen molar-refractivity contribution >= 4 is 11.9 Å². The summed E-state index contributed by atoms with van der Waals surface area (Å²) in [5, 5.41) is 10.9. The second kappa shape index (κ2) is 23.4. The zero-order valence-electron chi connectivity index (χ0n) is 26.4. The Balaban J connectivity index is 0. The number of nitrogens with one attached hydrogen (secondary N) is 2. The summed E-state index contributed by atoms with van der Waals surface area (Å²) in [4.78, 5) is 13.9. The van der Waals surface area contributed by atoms with E-state index in [0.717, 1.165) is 38.0 Å². The van der Waals surface area contributed by atoms with Crippen molar-refractivity contribution < 1.29 is 9.53 Å². The van der Waals surface area contributed by atoms with Crippen LogP contribution in [-0.2, 0) is 9.53 Å². The van der Waals surface area contributed by atoms with Crippen LogP contribution in [0.15, 0.2) is 37.2 Å². The van der Waals surface area contributed by atoms with Crippen LogP contribution in [0.3, 0.4) is 0 Å². The lowest BCUT2D eigenvalue weighted by Crippen LogP contribution is -2.56. The van der Waals surface area contributed by atoms with Crippen molar-refractivity contribution in [2.45, 2.75) is 117 Å². The minimum Gasteiger partial charge on any atom is -0.469 e. The average Bonchev–Trinajstić information content (AvgIpc) is 3.39. The molecule has 39 heavy (non-hydrogen) atoms. The van der Waals surface area contributed by atoms with Gasteiger partial charge in [-0.3, -0.25) is 10.2 Å². The Labute approximate surface area is 240 Å². The number of likely N-dealkylation sites (tertiary alicyclic amines) is 2. The molecule has 0 aliphatic carbocycles. The summed E-state index contributed by atoms with van der Waals surface area (Å²) < 4.78 is 4.11.